The molecule has 1 heterocycles. The third-order valence-corrected chi connectivity index (χ3v) is 3.24. The fourth-order valence-electron chi connectivity index (χ4n) is 2.40. The van der Waals surface area contributed by atoms with Crippen LogP contribution < -0.4 is 4.90 Å². The number of anilines is 1. The smallest absolute Gasteiger partial charge is 0.116 e. The average Bonchev–Trinajstić information content (AvgIpc) is 2.55. The summed E-state index contributed by atoms with van der Waals surface area (Å²) in [5.74, 6) is 0. The maximum absolute atomic E-state index is 9.47. The summed E-state index contributed by atoms with van der Waals surface area (Å²) in [6, 6.07) is 8.76. The minimum atomic E-state index is 0.110. The zero-order valence-corrected chi connectivity index (χ0v) is 9.70. The van der Waals surface area contributed by atoms with Crippen LogP contribution in [0.3, 0.4) is 0 Å². The molecule has 0 spiro atoms. The van der Waals surface area contributed by atoms with Crippen molar-refractivity contribution in [2.24, 2.45) is 5.41 Å². The minimum Gasteiger partial charge on any atom is -0.376 e. The second-order valence-electron chi connectivity index (χ2n) is 5.33. The number of aliphatic hydroxyl groups is 1. The van der Waals surface area contributed by atoms with Crippen LogP contribution in [0, 0.1) is 5.41 Å². The first kappa shape index (κ1) is 10.5. The molecule has 2 heteroatoms. The number of aliphatic hydroxyl groups excluding tert-OH is 1. The molecule has 0 radical (unpaired) electrons. The lowest BCUT2D eigenvalue weighted by molar-refractivity contribution is 0.232. The van der Waals surface area contributed by atoms with Gasteiger partial charge in [0.2, 0.25) is 0 Å². The summed E-state index contributed by atoms with van der Waals surface area (Å²) in [7, 11) is 0. The highest BCUT2D eigenvalue weighted by molar-refractivity contribution is 5.59. The summed E-state index contributed by atoms with van der Waals surface area (Å²) in [6.45, 7) is 6.80. The molecule has 0 bridgehead atoms. The molecule has 1 N–H and O–H groups in total. The SMILES string of the molecule is CC(C)(C)C1Cc2ccccc2N1CO. The second-order valence-corrected chi connectivity index (χ2v) is 5.33. The van der Waals surface area contributed by atoms with Crippen molar-refractivity contribution in [3.8, 4) is 0 Å². The highest BCUT2D eigenvalue weighted by Gasteiger charge is 2.36. The molecule has 0 saturated carbocycles. The predicted octanol–water partition coefficient (Wildman–Crippen LogP) is 2.41. The molecule has 0 amide bonds. The molecule has 1 aliphatic rings. The monoisotopic (exact) mass is 205 g/mol. The highest BCUT2D eigenvalue weighted by Crippen LogP contribution is 2.38. The van der Waals surface area contributed by atoms with Gasteiger partial charge in [-0.1, -0.05) is 39.0 Å². The van der Waals surface area contributed by atoms with E-state index in [1.54, 1.807) is 0 Å². The Bertz CT molecular complexity index is 354. The number of rotatable bonds is 1. The van der Waals surface area contributed by atoms with Crippen molar-refractivity contribution in [3.63, 3.8) is 0 Å². The van der Waals surface area contributed by atoms with Crippen molar-refractivity contribution in [2.75, 3.05) is 11.6 Å². The molecular formula is C13H19NO. The van der Waals surface area contributed by atoms with Gasteiger partial charge in [0.15, 0.2) is 0 Å². The van der Waals surface area contributed by atoms with Crippen LogP contribution in [0.4, 0.5) is 5.69 Å². The molecular weight excluding hydrogens is 186 g/mol. The Morgan fingerprint density at radius 1 is 1.33 bits per heavy atom. The van der Waals surface area contributed by atoms with Gasteiger partial charge in [0, 0.05) is 11.7 Å². The number of nitrogens with zero attached hydrogens (tertiary/aromatic N) is 1. The summed E-state index contributed by atoms with van der Waals surface area (Å²) < 4.78 is 0. The van der Waals surface area contributed by atoms with Crippen molar-refractivity contribution in [1.29, 1.82) is 0 Å². The van der Waals surface area contributed by atoms with E-state index in [-0.39, 0.29) is 12.1 Å². The third kappa shape index (κ3) is 1.74. The molecule has 2 nitrogen and oxygen atoms in total. The summed E-state index contributed by atoms with van der Waals surface area (Å²) in [5, 5.41) is 9.47. The van der Waals surface area contributed by atoms with Crippen LogP contribution in [0.2, 0.25) is 0 Å². The summed E-state index contributed by atoms with van der Waals surface area (Å²) in [5.41, 5.74) is 2.74. The number of fused-ring (bicyclic) bond motifs is 1. The second kappa shape index (κ2) is 3.53. The molecule has 2 rings (SSSR count). The number of hydrogen-bond donors (Lipinski definition) is 1. The standard InChI is InChI=1S/C13H19NO/c1-13(2,3)12-8-10-6-4-5-7-11(10)14(12)9-15/h4-7,12,15H,8-9H2,1-3H3. The van der Waals surface area contributed by atoms with Crippen LogP contribution in [0.15, 0.2) is 24.3 Å². The van der Waals surface area contributed by atoms with Gasteiger partial charge in [0.05, 0.1) is 0 Å². The molecule has 15 heavy (non-hydrogen) atoms. The average molecular weight is 205 g/mol. The Hall–Kier alpha value is -1.02. The van der Waals surface area contributed by atoms with Crippen molar-refractivity contribution >= 4 is 5.69 Å². The molecule has 0 aliphatic carbocycles. The highest BCUT2D eigenvalue weighted by atomic mass is 16.3. The lowest BCUT2D eigenvalue weighted by Gasteiger charge is -2.35. The molecule has 1 atom stereocenters. The van der Waals surface area contributed by atoms with Gasteiger partial charge in [-0.3, -0.25) is 0 Å². The normalized spacial score (nSPS) is 20.5. The molecule has 0 saturated heterocycles. The van der Waals surface area contributed by atoms with E-state index in [1.165, 1.54) is 11.3 Å². The van der Waals surface area contributed by atoms with Crippen molar-refractivity contribution in [3.05, 3.63) is 29.8 Å². The van der Waals surface area contributed by atoms with Crippen LogP contribution in [-0.4, -0.2) is 17.9 Å². The Morgan fingerprint density at radius 2 is 2.00 bits per heavy atom. The molecule has 0 fully saturated rings. The molecule has 1 unspecified atom stereocenters. The fraction of sp³-hybridized carbons (Fsp3) is 0.538. The van der Waals surface area contributed by atoms with Gasteiger partial charge in [-0.2, -0.15) is 0 Å². The van der Waals surface area contributed by atoms with Crippen LogP contribution in [-0.2, 0) is 6.42 Å². The number of benzene rings is 1. The lowest BCUT2D eigenvalue weighted by Crippen LogP contribution is -2.42. The van der Waals surface area contributed by atoms with Gasteiger partial charge in [-0.05, 0) is 23.5 Å². The molecule has 0 aromatic heterocycles. The summed E-state index contributed by atoms with van der Waals surface area (Å²) in [4.78, 5) is 2.11. The van der Waals surface area contributed by atoms with Gasteiger partial charge in [-0.25, -0.2) is 0 Å². The van der Waals surface area contributed by atoms with Crippen LogP contribution in [0.5, 0.6) is 0 Å². The Morgan fingerprint density at radius 3 is 2.60 bits per heavy atom. The van der Waals surface area contributed by atoms with Crippen LogP contribution in [0.25, 0.3) is 0 Å². The van der Waals surface area contributed by atoms with E-state index in [9.17, 15) is 5.11 Å². The van der Waals surface area contributed by atoms with Gasteiger partial charge < -0.3 is 10.0 Å². The number of para-hydroxylation sites is 1. The molecule has 1 aliphatic heterocycles. The van der Waals surface area contributed by atoms with E-state index in [1.807, 2.05) is 6.07 Å². The van der Waals surface area contributed by atoms with Crippen molar-refractivity contribution in [1.82, 2.24) is 0 Å². The van der Waals surface area contributed by atoms with Gasteiger partial charge >= 0.3 is 0 Å². The number of hydrogen-bond acceptors (Lipinski definition) is 2. The Labute approximate surface area is 91.5 Å². The van der Waals surface area contributed by atoms with Crippen molar-refractivity contribution in [2.45, 2.75) is 33.2 Å². The Kier molecular flexibility index (Phi) is 2.47. The van der Waals surface area contributed by atoms with Gasteiger partial charge in [0.25, 0.3) is 0 Å². The maximum atomic E-state index is 9.47. The van der Waals surface area contributed by atoms with E-state index >= 15 is 0 Å². The van der Waals surface area contributed by atoms with E-state index < -0.39 is 0 Å². The maximum Gasteiger partial charge on any atom is 0.116 e. The topological polar surface area (TPSA) is 23.5 Å². The van der Waals surface area contributed by atoms with Gasteiger partial charge in [-0.15, -0.1) is 0 Å². The first-order valence-electron chi connectivity index (χ1n) is 5.49. The zero-order chi connectivity index (χ0) is 11.1. The minimum absolute atomic E-state index is 0.110. The van der Waals surface area contributed by atoms with Crippen LogP contribution in [0.1, 0.15) is 26.3 Å². The first-order valence-corrected chi connectivity index (χ1v) is 5.49. The van der Waals surface area contributed by atoms with E-state index in [0.717, 1.165) is 6.42 Å². The summed E-state index contributed by atoms with van der Waals surface area (Å²) in [6.07, 6.45) is 1.04. The predicted molar refractivity (Wildman–Crippen MR) is 63.0 cm³/mol. The quantitative estimate of drug-likeness (QED) is 0.761. The van der Waals surface area contributed by atoms with Crippen molar-refractivity contribution < 1.29 is 5.11 Å². The third-order valence-electron chi connectivity index (χ3n) is 3.24. The molecule has 82 valence electrons. The fourth-order valence-corrected chi connectivity index (χ4v) is 2.40. The Balaban J connectivity index is 2.37. The van der Waals surface area contributed by atoms with Crippen LogP contribution >= 0.6 is 0 Å². The summed E-state index contributed by atoms with van der Waals surface area (Å²) >= 11 is 0. The largest absolute Gasteiger partial charge is 0.376 e. The molecule has 1 aromatic carbocycles. The zero-order valence-electron chi connectivity index (χ0n) is 9.70. The first-order chi connectivity index (χ1) is 7.04. The van der Waals surface area contributed by atoms with E-state index in [0.29, 0.717) is 6.04 Å². The molecule has 1 aromatic rings. The van der Waals surface area contributed by atoms with Gasteiger partial charge in [0.1, 0.15) is 6.73 Å². The van der Waals surface area contributed by atoms with E-state index in [4.69, 9.17) is 0 Å². The van der Waals surface area contributed by atoms with E-state index in [2.05, 4.69) is 43.9 Å². The lowest BCUT2D eigenvalue weighted by atomic mass is 9.84.